The molecule has 2 aliphatic carbocycles. The van der Waals surface area contributed by atoms with Gasteiger partial charge in [0.15, 0.2) is 6.29 Å². The van der Waals surface area contributed by atoms with E-state index in [0.717, 1.165) is 73.4 Å². The summed E-state index contributed by atoms with van der Waals surface area (Å²) in [6, 6.07) is 14.6. The van der Waals surface area contributed by atoms with Gasteiger partial charge in [-0.15, -0.1) is 0 Å². The number of hydrogen-bond acceptors (Lipinski definition) is 7. The molecule has 0 radical (unpaired) electrons. The zero-order chi connectivity index (χ0) is 34.5. The molecule has 2 aromatic heterocycles. The number of nitrogens with one attached hydrogen (secondary N) is 2. The van der Waals surface area contributed by atoms with Crippen molar-refractivity contribution in [2.24, 2.45) is 0 Å². The predicted molar refractivity (Wildman–Crippen MR) is 187 cm³/mol. The number of nitrogens with zero attached hydrogens (tertiary/aromatic N) is 2. The van der Waals surface area contributed by atoms with Gasteiger partial charge in [0, 0.05) is 35.0 Å². The number of ether oxygens (including phenoxy) is 2. The largest absolute Gasteiger partial charge is 0.349 e. The molecule has 3 fully saturated rings. The molecule has 1 saturated heterocycles. The van der Waals surface area contributed by atoms with Crippen LogP contribution in [0.3, 0.4) is 0 Å². The number of carbonyl (C=O) groups excluding carboxylic acids is 3. The highest BCUT2D eigenvalue weighted by Gasteiger charge is 2.24. The van der Waals surface area contributed by atoms with Gasteiger partial charge in [-0.2, -0.15) is 0 Å². The normalized spacial score (nSPS) is 16.9. The average Bonchev–Trinajstić information content (AvgIpc) is 3.89. The molecular formula is C38H44N4O7. The summed E-state index contributed by atoms with van der Waals surface area (Å²) in [6.07, 6.45) is 8.83. The monoisotopic (exact) mass is 668 g/mol. The van der Waals surface area contributed by atoms with Crippen LogP contribution in [0.15, 0.2) is 58.1 Å². The van der Waals surface area contributed by atoms with Crippen molar-refractivity contribution in [2.45, 2.75) is 96.7 Å². The molecule has 2 amide bonds. The van der Waals surface area contributed by atoms with Gasteiger partial charge in [-0.05, 0) is 62.8 Å². The topological polar surface area (TPSA) is 138 Å². The van der Waals surface area contributed by atoms with Crippen molar-refractivity contribution in [1.82, 2.24) is 19.8 Å². The van der Waals surface area contributed by atoms with Crippen LogP contribution in [0, 0.1) is 13.8 Å². The van der Waals surface area contributed by atoms with Crippen molar-refractivity contribution < 1.29 is 23.9 Å². The van der Waals surface area contributed by atoms with Crippen LogP contribution in [-0.4, -0.2) is 58.8 Å². The highest BCUT2D eigenvalue weighted by atomic mass is 16.7. The van der Waals surface area contributed by atoms with Crippen molar-refractivity contribution in [2.75, 3.05) is 13.2 Å². The van der Waals surface area contributed by atoms with E-state index in [0.29, 0.717) is 48.1 Å². The zero-order valence-electron chi connectivity index (χ0n) is 28.2. The molecule has 0 atom stereocenters. The summed E-state index contributed by atoms with van der Waals surface area (Å²) >= 11 is 0. The molecule has 0 spiro atoms. The molecule has 49 heavy (non-hydrogen) atoms. The van der Waals surface area contributed by atoms with Gasteiger partial charge in [-0.25, -0.2) is 0 Å². The molecule has 3 aliphatic rings. The number of fused-ring (bicyclic) bond motifs is 2. The van der Waals surface area contributed by atoms with Gasteiger partial charge in [-0.3, -0.25) is 19.2 Å². The summed E-state index contributed by atoms with van der Waals surface area (Å²) in [5, 5.41) is 7.59. The van der Waals surface area contributed by atoms with Crippen molar-refractivity contribution in [3.05, 3.63) is 91.5 Å². The van der Waals surface area contributed by atoms with E-state index in [1.807, 2.05) is 50.2 Å². The minimum atomic E-state index is -0.422. The van der Waals surface area contributed by atoms with Crippen LogP contribution in [0.1, 0.15) is 83.2 Å². The van der Waals surface area contributed by atoms with Crippen LogP contribution in [0.2, 0.25) is 0 Å². The number of aldehydes is 1. The lowest BCUT2D eigenvalue weighted by molar-refractivity contribution is -0.108. The third kappa shape index (κ3) is 7.84. The molecule has 11 heteroatoms. The standard InChI is InChI=1S/C20H24N2O4.C18H20N2O3/c1-13-6-7-15-16(20(24)21-14-4-2-3-5-14)11-18(23)22(17(15)10-13)12-19-25-8-9-26-19;1-12-6-7-14-15(18(23)19-13-4-2-3-5-13)11-17(22)20(8-9-21)16(14)10-12/h6-7,10-11,14,19H,2-5,8-9,12H2,1H3,(H,21,24);6-7,9-11,13H,2-5,8H2,1H3,(H,19,23). The summed E-state index contributed by atoms with van der Waals surface area (Å²) < 4.78 is 14.0. The summed E-state index contributed by atoms with van der Waals surface area (Å²) in [5.41, 5.74) is 3.68. The van der Waals surface area contributed by atoms with Crippen LogP contribution in [0.5, 0.6) is 0 Å². The molecule has 0 bridgehead atoms. The molecule has 0 unspecified atom stereocenters. The molecule has 1 aliphatic heterocycles. The number of carbonyl (C=O) groups is 3. The fourth-order valence-corrected chi connectivity index (χ4v) is 7.14. The summed E-state index contributed by atoms with van der Waals surface area (Å²) in [4.78, 5) is 61.3. The van der Waals surface area contributed by atoms with Crippen molar-refractivity contribution in [3.63, 3.8) is 0 Å². The minimum absolute atomic E-state index is 0.0106. The van der Waals surface area contributed by atoms with E-state index in [-0.39, 0.29) is 41.6 Å². The first-order valence-corrected chi connectivity index (χ1v) is 17.3. The number of aryl methyl sites for hydroxylation is 2. The highest BCUT2D eigenvalue weighted by Crippen LogP contribution is 2.24. The predicted octanol–water partition coefficient (Wildman–Crippen LogP) is 4.54. The van der Waals surface area contributed by atoms with E-state index in [1.165, 1.54) is 16.7 Å². The molecule has 2 aromatic carbocycles. The maximum absolute atomic E-state index is 12.8. The van der Waals surface area contributed by atoms with Gasteiger partial charge in [-0.1, -0.05) is 49.9 Å². The molecule has 2 N–H and O–H groups in total. The Kier molecular flexibility index (Phi) is 10.7. The van der Waals surface area contributed by atoms with Crippen LogP contribution in [0.4, 0.5) is 0 Å². The second-order valence-corrected chi connectivity index (χ2v) is 13.3. The average molecular weight is 669 g/mol. The Bertz CT molecular complexity index is 1980. The maximum atomic E-state index is 12.8. The number of benzene rings is 2. The first-order valence-electron chi connectivity index (χ1n) is 17.3. The number of amides is 2. The quantitative estimate of drug-likeness (QED) is 0.263. The van der Waals surface area contributed by atoms with Gasteiger partial charge < -0.3 is 34.0 Å². The Morgan fingerprint density at radius 3 is 1.63 bits per heavy atom. The van der Waals surface area contributed by atoms with Crippen molar-refractivity contribution >= 4 is 39.9 Å². The van der Waals surface area contributed by atoms with E-state index < -0.39 is 6.29 Å². The fraction of sp³-hybridized carbons (Fsp3) is 0.447. The van der Waals surface area contributed by atoms with E-state index in [2.05, 4.69) is 10.6 Å². The second-order valence-electron chi connectivity index (χ2n) is 13.3. The first-order chi connectivity index (χ1) is 23.7. The molecule has 4 aromatic rings. The van der Waals surface area contributed by atoms with Gasteiger partial charge in [0.2, 0.25) is 0 Å². The Hall–Kier alpha value is -4.61. The number of aromatic nitrogens is 2. The van der Waals surface area contributed by atoms with E-state index in [4.69, 9.17) is 9.47 Å². The van der Waals surface area contributed by atoms with E-state index in [1.54, 1.807) is 4.57 Å². The molecule has 258 valence electrons. The molecule has 3 heterocycles. The SMILES string of the molecule is Cc1ccc2c(C(=O)NC3CCCC3)cc(=O)n(CC3OCCO3)c2c1.Cc1ccc2c(C(=O)NC3CCCC3)cc(=O)n(CC=O)c2c1. The van der Waals surface area contributed by atoms with Crippen LogP contribution in [0.25, 0.3) is 21.8 Å². The Morgan fingerprint density at radius 1 is 0.714 bits per heavy atom. The van der Waals surface area contributed by atoms with E-state index >= 15 is 0 Å². The first kappa shape index (κ1) is 34.3. The highest BCUT2D eigenvalue weighted by molar-refractivity contribution is 6.07. The van der Waals surface area contributed by atoms with Crippen molar-refractivity contribution in [3.8, 4) is 0 Å². The van der Waals surface area contributed by atoms with Crippen LogP contribution in [-0.2, 0) is 27.4 Å². The smallest absolute Gasteiger partial charge is 0.252 e. The lowest BCUT2D eigenvalue weighted by Crippen LogP contribution is -2.34. The third-order valence-corrected chi connectivity index (χ3v) is 9.69. The Balaban J connectivity index is 0.000000171. The zero-order valence-corrected chi connectivity index (χ0v) is 28.2. The summed E-state index contributed by atoms with van der Waals surface area (Å²) in [5.74, 6) is -0.371. The number of rotatable bonds is 8. The van der Waals surface area contributed by atoms with Gasteiger partial charge >= 0.3 is 0 Å². The summed E-state index contributed by atoms with van der Waals surface area (Å²) in [7, 11) is 0. The van der Waals surface area contributed by atoms with Gasteiger partial charge in [0.25, 0.3) is 22.9 Å². The van der Waals surface area contributed by atoms with Crippen LogP contribution < -0.4 is 21.8 Å². The van der Waals surface area contributed by atoms with Crippen LogP contribution >= 0.6 is 0 Å². The third-order valence-electron chi connectivity index (χ3n) is 9.69. The Labute approximate surface area is 284 Å². The summed E-state index contributed by atoms with van der Waals surface area (Å²) in [6.45, 7) is 5.28. The van der Waals surface area contributed by atoms with Gasteiger partial charge in [0.1, 0.15) is 6.29 Å². The molecular weight excluding hydrogens is 624 g/mol. The molecule has 7 rings (SSSR count). The molecule has 2 saturated carbocycles. The number of hydrogen-bond donors (Lipinski definition) is 2. The maximum Gasteiger partial charge on any atom is 0.252 e. The Morgan fingerprint density at radius 2 is 1.16 bits per heavy atom. The molecule has 11 nitrogen and oxygen atoms in total. The number of pyridine rings is 2. The van der Waals surface area contributed by atoms with E-state index in [9.17, 15) is 24.0 Å². The minimum Gasteiger partial charge on any atom is -0.349 e. The lowest BCUT2D eigenvalue weighted by atomic mass is 10.0. The lowest BCUT2D eigenvalue weighted by Gasteiger charge is -2.18. The fourth-order valence-electron chi connectivity index (χ4n) is 7.14. The second kappa shape index (κ2) is 15.3. The van der Waals surface area contributed by atoms with Crippen molar-refractivity contribution in [1.29, 1.82) is 0 Å². The van der Waals surface area contributed by atoms with Gasteiger partial charge in [0.05, 0.1) is 48.5 Å².